The van der Waals surface area contributed by atoms with Gasteiger partial charge in [0.05, 0.1) is 6.61 Å². The van der Waals surface area contributed by atoms with E-state index in [1.54, 1.807) is 0 Å². The van der Waals surface area contributed by atoms with Crippen LogP contribution in [0.25, 0.3) is 0 Å². The molecule has 1 rings (SSSR count). The number of hydrogen-bond donors (Lipinski definition) is 0. The molecule has 0 atom stereocenters. The van der Waals surface area contributed by atoms with E-state index in [9.17, 15) is 0 Å². The molecule has 3 heteroatoms. The summed E-state index contributed by atoms with van der Waals surface area (Å²) in [5.41, 5.74) is 0. The van der Waals surface area contributed by atoms with Crippen LogP contribution in [0.3, 0.4) is 0 Å². The second-order valence-electron chi connectivity index (χ2n) is 4.90. The van der Waals surface area contributed by atoms with Crippen molar-refractivity contribution in [3.8, 4) is 0 Å². The summed E-state index contributed by atoms with van der Waals surface area (Å²) in [4.78, 5) is 0. The van der Waals surface area contributed by atoms with Crippen LogP contribution >= 0.6 is 0 Å². The normalized spacial score (nSPS) is 10.2. The summed E-state index contributed by atoms with van der Waals surface area (Å²) in [6.07, 6.45) is 14.9. The predicted octanol–water partition coefficient (Wildman–Crippen LogP) is 1.09. The molecule has 0 aliphatic rings. The summed E-state index contributed by atoms with van der Waals surface area (Å²) < 4.78 is 7.69. The van der Waals surface area contributed by atoms with Gasteiger partial charge in [0.2, 0.25) is 0 Å². The molecule has 1 aromatic rings. The van der Waals surface area contributed by atoms with Gasteiger partial charge in [0.1, 0.15) is 0 Å². The molecule has 1 heterocycles. The number of halogens is 1. The van der Waals surface area contributed by atoms with Gasteiger partial charge in [0.15, 0.2) is 12.4 Å². The lowest BCUT2D eigenvalue weighted by atomic mass is 10.1. The third-order valence-corrected chi connectivity index (χ3v) is 3.16. The highest BCUT2D eigenvalue weighted by Gasteiger charge is 1.97. The second-order valence-corrected chi connectivity index (χ2v) is 4.90. The van der Waals surface area contributed by atoms with Crippen molar-refractivity contribution < 1.29 is 21.7 Å². The van der Waals surface area contributed by atoms with Crippen molar-refractivity contribution in [1.29, 1.82) is 0 Å². The summed E-state index contributed by atoms with van der Waals surface area (Å²) in [5, 5.41) is 0. The van der Waals surface area contributed by atoms with Gasteiger partial charge in [-0.1, -0.05) is 57.9 Å². The van der Waals surface area contributed by atoms with Crippen molar-refractivity contribution in [2.24, 2.45) is 0 Å². The molecule has 0 aliphatic carbocycles. The fourth-order valence-corrected chi connectivity index (χ4v) is 2.03. The second kappa shape index (κ2) is 13.8. The average molecular weight is 286 g/mol. The van der Waals surface area contributed by atoms with E-state index in [4.69, 9.17) is 4.74 Å². The van der Waals surface area contributed by atoms with Crippen molar-refractivity contribution >= 4 is 0 Å². The molecule has 0 unspecified atom stereocenters. The Morgan fingerprint density at radius 1 is 0.789 bits per heavy atom. The molecule has 0 aliphatic heterocycles. The van der Waals surface area contributed by atoms with Crippen LogP contribution in [0.2, 0.25) is 0 Å². The van der Waals surface area contributed by atoms with Crippen LogP contribution in [0.1, 0.15) is 58.3 Å². The maximum atomic E-state index is 5.63. The zero-order valence-electron chi connectivity index (χ0n) is 12.2. The van der Waals surface area contributed by atoms with E-state index < -0.39 is 0 Å². The van der Waals surface area contributed by atoms with Crippen LogP contribution in [0.4, 0.5) is 0 Å². The quantitative estimate of drug-likeness (QED) is 0.438. The van der Waals surface area contributed by atoms with Crippen LogP contribution in [-0.2, 0) is 11.5 Å². The maximum absolute atomic E-state index is 5.63. The molecule has 0 fully saturated rings. The van der Waals surface area contributed by atoms with Gasteiger partial charge >= 0.3 is 0 Å². The number of aromatic nitrogens is 1. The first-order valence-corrected chi connectivity index (χ1v) is 7.45. The highest BCUT2D eigenvalue weighted by molar-refractivity contribution is 4.83. The number of nitrogens with zero attached hydrogens (tertiary/aromatic N) is 1. The number of unbranched alkanes of at least 4 members (excludes halogenated alkanes) is 7. The summed E-state index contributed by atoms with van der Waals surface area (Å²) in [6.45, 7) is 3.83. The summed E-state index contributed by atoms with van der Waals surface area (Å²) in [7, 11) is 0. The van der Waals surface area contributed by atoms with Crippen molar-refractivity contribution in [3.05, 3.63) is 30.6 Å². The Hall–Kier alpha value is -0.600. The molecule has 2 nitrogen and oxygen atoms in total. The van der Waals surface area contributed by atoms with E-state index in [-0.39, 0.29) is 12.4 Å². The SMILES string of the molecule is CCCCCCCCCCOC[n+]1ccccc1.[Cl-]. The zero-order valence-corrected chi connectivity index (χ0v) is 12.9. The lowest BCUT2D eigenvalue weighted by Crippen LogP contribution is -3.00. The highest BCUT2D eigenvalue weighted by Crippen LogP contribution is 2.08. The van der Waals surface area contributed by atoms with E-state index in [0.717, 1.165) is 6.61 Å². The summed E-state index contributed by atoms with van der Waals surface area (Å²) >= 11 is 0. The van der Waals surface area contributed by atoms with E-state index >= 15 is 0 Å². The molecule has 110 valence electrons. The van der Waals surface area contributed by atoms with E-state index in [0.29, 0.717) is 6.73 Å². The first kappa shape index (κ1) is 18.4. The Morgan fingerprint density at radius 3 is 2.00 bits per heavy atom. The minimum Gasteiger partial charge on any atom is -1.00 e. The molecule has 0 bridgehead atoms. The smallest absolute Gasteiger partial charge is 0.252 e. The van der Waals surface area contributed by atoms with E-state index in [1.165, 1.54) is 51.4 Å². The molecule has 0 saturated carbocycles. The summed E-state index contributed by atoms with van der Waals surface area (Å²) in [6, 6.07) is 6.08. The fourth-order valence-electron chi connectivity index (χ4n) is 2.03. The maximum Gasteiger partial charge on any atom is 0.252 e. The zero-order chi connectivity index (χ0) is 12.9. The molecule has 0 aromatic carbocycles. The lowest BCUT2D eigenvalue weighted by molar-refractivity contribution is -0.732. The Bertz CT molecular complexity index is 279. The molecule has 0 radical (unpaired) electrons. The molecular weight excluding hydrogens is 258 g/mol. The summed E-state index contributed by atoms with van der Waals surface area (Å²) in [5.74, 6) is 0. The Balaban J connectivity index is 0.00000324. The fraction of sp³-hybridized carbons (Fsp3) is 0.688. The largest absolute Gasteiger partial charge is 1.00 e. The number of rotatable bonds is 11. The van der Waals surface area contributed by atoms with Gasteiger partial charge in [-0.2, -0.15) is 4.57 Å². The van der Waals surface area contributed by atoms with Gasteiger partial charge < -0.3 is 17.1 Å². The number of ether oxygens (including phenoxy) is 1. The molecule has 19 heavy (non-hydrogen) atoms. The standard InChI is InChI=1S/C16H28NO.ClH/c1-2-3-4-5-6-7-8-12-15-18-16-17-13-10-9-11-14-17;/h9-11,13-14H,2-8,12,15-16H2,1H3;1H/q+1;/p-1. The Morgan fingerprint density at radius 2 is 1.37 bits per heavy atom. The third kappa shape index (κ3) is 11.0. The van der Waals surface area contributed by atoms with Crippen molar-refractivity contribution in [2.45, 2.75) is 65.0 Å². The van der Waals surface area contributed by atoms with Crippen LogP contribution in [-0.4, -0.2) is 6.61 Å². The number of hydrogen-bond acceptors (Lipinski definition) is 1. The topological polar surface area (TPSA) is 13.1 Å². The van der Waals surface area contributed by atoms with Crippen LogP contribution < -0.4 is 17.0 Å². The van der Waals surface area contributed by atoms with Crippen molar-refractivity contribution in [3.63, 3.8) is 0 Å². The molecule has 0 saturated heterocycles. The van der Waals surface area contributed by atoms with Gasteiger partial charge in [-0.15, -0.1) is 0 Å². The lowest BCUT2D eigenvalue weighted by Gasteiger charge is -2.02. The minimum atomic E-state index is 0. The van der Waals surface area contributed by atoms with Gasteiger partial charge in [-0.05, 0) is 6.42 Å². The van der Waals surface area contributed by atoms with E-state index in [1.807, 2.05) is 30.6 Å². The van der Waals surface area contributed by atoms with E-state index in [2.05, 4.69) is 11.5 Å². The van der Waals surface area contributed by atoms with Crippen LogP contribution in [0, 0.1) is 0 Å². The van der Waals surface area contributed by atoms with Gasteiger partial charge in [0.25, 0.3) is 6.73 Å². The highest BCUT2D eigenvalue weighted by atomic mass is 35.5. The van der Waals surface area contributed by atoms with Gasteiger partial charge in [0, 0.05) is 12.1 Å². The Labute approximate surface area is 124 Å². The predicted molar refractivity (Wildman–Crippen MR) is 75.2 cm³/mol. The number of pyridine rings is 1. The monoisotopic (exact) mass is 285 g/mol. The van der Waals surface area contributed by atoms with Crippen molar-refractivity contribution in [2.75, 3.05) is 6.61 Å². The Kier molecular flexibility index (Phi) is 13.4. The minimum absolute atomic E-state index is 0. The first-order chi connectivity index (χ1) is 8.93. The average Bonchev–Trinajstić information content (AvgIpc) is 2.42. The molecule has 0 spiro atoms. The third-order valence-electron chi connectivity index (χ3n) is 3.16. The van der Waals surface area contributed by atoms with Crippen molar-refractivity contribution in [1.82, 2.24) is 0 Å². The molecule has 0 amide bonds. The van der Waals surface area contributed by atoms with Crippen LogP contribution in [0.15, 0.2) is 30.6 Å². The van der Waals surface area contributed by atoms with Crippen LogP contribution in [0.5, 0.6) is 0 Å². The molecule has 0 N–H and O–H groups in total. The molecule has 1 aromatic heterocycles. The first-order valence-electron chi connectivity index (χ1n) is 7.45. The van der Waals surface area contributed by atoms with Gasteiger partial charge in [-0.25, -0.2) is 0 Å². The molecular formula is C16H28ClNO. The van der Waals surface area contributed by atoms with Gasteiger partial charge in [-0.3, -0.25) is 0 Å².